The zero-order chi connectivity index (χ0) is 29.9. The average molecular weight is 575 g/mol. The predicted molar refractivity (Wildman–Crippen MR) is 167 cm³/mol. The Morgan fingerprint density at radius 1 is 0.884 bits per heavy atom. The number of pyridine rings is 1. The van der Waals surface area contributed by atoms with Gasteiger partial charge in [0.2, 0.25) is 0 Å². The van der Waals surface area contributed by atoms with E-state index in [0.29, 0.717) is 29.2 Å². The van der Waals surface area contributed by atoms with E-state index >= 15 is 0 Å². The summed E-state index contributed by atoms with van der Waals surface area (Å²) in [5.41, 5.74) is 4.65. The largest absolute Gasteiger partial charge is 0.507 e. The topological polar surface area (TPSA) is 86.2 Å². The molecule has 6 rings (SSSR count). The van der Waals surface area contributed by atoms with Crippen LogP contribution in [-0.2, 0) is 16.2 Å². The van der Waals surface area contributed by atoms with Crippen LogP contribution in [0.15, 0.2) is 103 Å². The number of benzene rings is 3. The van der Waals surface area contributed by atoms with E-state index in [1.165, 1.54) is 4.90 Å². The van der Waals surface area contributed by atoms with Crippen LogP contribution in [0.2, 0.25) is 0 Å². The van der Waals surface area contributed by atoms with Crippen molar-refractivity contribution in [3.8, 4) is 5.75 Å². The first-order valence-corrected chi connectivity index (χ1v) is 14.4. The Balaban J connectivity index is 1.33. The Kier molecular flexibility index (Phi) is 7.94. The summed E-state index contributed by atoms with van der Waals surface area (Å²) in [5.74, 6) is -0.971. The van der Waals surface area contributed by atoms with Gasteiger partial charge in [0, 0.05) is 55.5 Å². The van der Waals surface area contributed by atoms with Crippen LogP contribution >= 0.6 is 0 Å². The summed E-state index contributed by atoms with van der Waals surface area (Å²) in [6.45, 7) is 6.11. The van der Waals surface area contributed by atoms with Crippen molar-refractivity contribution in [2.45, 2.75) is 19.6 Å². The van der Waals surface area contributed by atoms with Gasteiger partial charge >= 0.3 is 0 Å². The number of anilines is 2. The number of rotatable bonds is 7. The van der Waals surface area contributed by atoms with Crippen molar-refractivity contribution in [3.05, 3.63) is 125 Å². The highest BCUT2D eigenvalue weighted by Crippen LogP contribution is 2.42. The van der Waals surface area contributed by atoms with Gasteiger partial charge in [-0.3, -0.25) is 19.5 Å². The SMILES string of the molecule is Cc1cc(/C(O)=C2/C(=O)C(=O)N(c3ccc(N4CCN(C)CC4)cc3)C2c2ccncc2)ccc1OCc1ccccc1. The van der Waals surface area contributed by atoms with Crippen LogP contribution in [0, 0.1) is 6.92 Å². The molecule has 2 fully saturated rings. The van der Waals surface area contributed by atoms with E-state index in [9.17, 15) is 14.7 Å². The summed E-state index contributed by atoms with van der Waals surface area (Å²) in [5, 5.41) is 11.6. The molecule has 3 aromatic carbocycles. The highest BCUT2D eigenvalue weighted by molar-refractivity contribution is 6.51. The lowest BCUT2D eigenvalue weighted by molar-refractivity contribution is -0.132. The van der Waals surface area contributed by atoms with Gasteiger partial charge in [0.1, 0.15) is 18.1 Å². The number of piperazine rings is 1. The zero-order valence-electron chi connectivity index (χ0n) is 24.3. The second-order valence-electron chi connectivity index (χ2n) is 11.0. The van der Waals surface area contributed by atoms with Crippen molar-refractivity contribution in [3.63, 3.8) is 0 Å². The van der Waals surface area contributed by atoms with Crippen molar-refractivity contribution in [1.82, 2.24) is 9.88 Å². The van der Waals surface area contributed by atoms with Crippen molar-refractivity contribution < 1.29 is 19.4 Å². The van der Waals surface area contributed by atoms with Crippen LogP contribution in [0.4, 0.5) is 11.4 Å². The van der Waals surface area contributed by atoms with E-state index in [4.69, 9.17) is 4.74 Å². The number of aliphatic hydroxyl groups excluding tert-OH is 1. The van der Waals surface area contributed by atoms with E-state index in [-0.39, 0.29) is 11.3 Å². The minimum Gasteiger partial charge on any atom is -0.507 e. The number of aryl methyl sites for hydroxylation is 1. The molecule has 2 aliphatic heterocycles. The third-order valence-electron chi connectivity index (χ3n) is 8.15. The minimum absolute atomic E-state index is 0.0386. The molecule has 1 unspecified atom stereocenters. The van der Waals surface area contributed by atoms with Gasteiger partial charge in [-0.1, -0.05) is 30.3 Å². The number of aliphatic hydroxyl groups is 1. The quantitative estimate of drug-likeness (QED) is 0.181. The van der Waals surface area contributed by atoms with Crippen LogP contribution in [0.1, 0.15) is 28.3 Å². The lowest BCUT2D eigenvalue weighted by Gasteiger charge is -2.34. The number of carbonyl (C=O) groups is 2. The standard InChI is InChI=1S/C35H34N4O4/c1-24-22-27(8-13-30(24)43-23-25-6-4-3-5-7-25)33(40)31-32(26-14-16-36-17-15-26)39(35(42)34(31)41)29-11-9-28(10-12-29)38-20-18-37(2)19-21-38/h3-17,22,32,40H,18-21,23H2,1-2H3/b33-31-. The fourth-order valence-corrected chi connectivity index (χ4v) is 5.70. The molecule has 218 valence electrons. The zero-order valence-corrected chi connectivity index (χ0v) is 24.3. The van der Waals surface area contributed by atoms with Crippen molar-refractivity contribution in [2.24, 2.45) is 0 Å². The molecule has 0 saturated carbocycles. The summed E-state index contributed by atoms with van der Waals surface area (Å²) in [4.78, 5) is 37.4. The molecule has 2 aliphatic rings. The van der Waals surface area contributed by atoms with Crippen molar-refractivity contribution >= 4 is 28.8 Å². The molecule has 1 N–H and O–H groups in total. The van der Waals surface area contributed by atoms with E-state index in [1.54, 1.807) is 42.7 Å². The summed E-state index contributed by atoms with van der Waals surface area (Å²) >= 11 is 0. The van der Waals surface area contributed by atoms with E-state index in [2.05, 4.69) is 21.8 Å². The molecule has 8 nitrogen and oxygen atoms in total. The molecule has 1 amide bonds. The van der Waals surface area contributed by atoms with E-state index in [1.807, 2.05) is 61.5 Å². The second-order valence-corrected chi connectivity index (χ2v) is 11.0. The lowest BCUT2D eigenvalue weighted by Crippen LogP contribution is -2.44. The van der Waals surface area contributed by atoms with Gasteiger partial charge in [-0.15, -0.1) is 0 Å². The first-order valence-electron chi connectivity index (χ1n) is 14.4. The Morgan fingerprint density at radius 3 is 2.23 bits per heavy atom. The Labute approximate surface area is 251 Å². The van der Waals surface area contributed by atoms with Gasteiger partial charge in [-0.25, -0.2) is 0 Å². The number of likely N-dealkylation sites (N-methyl/N-ethyl adjacent to an activating group) is 1. The molecule has 2 saturated heterocycles. The molecular formula is C35H34N4O4. The Bertz CT molecular complexity index is 1650. The fourth-order valence-electron chi connectivity index (χ4n) is 5.70. The molecule has 8 heteroatoms. The lowest BCUT2D eigenvalue weighted by atomic mass is 9.95. The summed E-state index contributed by atoms with van der Waals surface area (Å²) < 4.78 is 6.01. The average Bonchev–Trinajstić information content (AvgIpc) is 3.31. The molecule has 0 radical (unpaired) electrons. The fraction of sp³-hybridized carbons (Fsp3) is 0.229. The van der Waals surface area contributed by atoms with Gasteiger partial charge in [0.25, 0.3) is 11.7 Å². The van der Waals surface area contributed by atoms with Gasteiger partial charge in [-0.2, -0.15) is 0 Å². The molecule has 0 aliphatic carbocycles. The van der Waals surface area contributed by atoms with Crippen LogP contribution in [0.5, 0.6) is 5.75 Å². The van der Waals surface area contributed by atoms with Crippen LogP contribution < -0.4 is 14.5 Å². The Morgan fingerprint density at radius 2 is 1.56 bits per heavy atom. The molecule has 43 heavy (non-hydrogen) atoms. The van der Waals surface area contributed by atoms with Gasteiger partial charge in [0.15, 0.2) is 0 Å². The number of amides is 1. The maximum Gasteiger partial charge on any atom is 0.300 e. The number of Topliss-reactive ketones (excluding diaryl/α,β-unsaturated/α-hetero) is 1. The van der Waals surface area contributed by atoms with Crippen molar-refractivity contribution in [2.75, 3.05) is 43.0 Å². The maximum atomic E-state index is 13.6. The number of carbonyl (C=O) groups excluding carboxylic acids is 2. The second kappa shape index (κ2) is 12.1. The van der Waals surface area contributed by atoms with Crippen molar-refractivity contribution in [1.29, 1.82) is 0 Å². The number of ketones is 1. The normalized spacial score (nSPS) is 18.7. The summed E-state index contributed by atoms with van der Waals surface area (Å²) in [7, 11) is 2.12. The molecule has 1 aromatic heterocycles. The Hall–Kier alpha value is -4.95. The number of nitrogens with zero attached hydrogens (tertiary/aromatic N) is 4. The minimum atomic E-state index is -0.813. The molecule has 0 spiro atoms. The number of aromatic nitrogens is 1. The van der Waals surface area contributed by atoms with Crippen LogP contribution in [0.3, 0.4) is 0 Å². The monoisotopic (exact) mass is 574 g/mol. The van der Waals surface area contributed by atoms with E-state index in [0.717, 1.165) is 43.0 Å². The summed E-state index contributed by atoms with van der Waals surface area (Å²) in [6, 6.07) is 25.6. The third-order valence-corrected chi connectivity index (χ3v) is 8.15. The van der Waals surface area contributed by atoms with Gasteiger partial charge in [-0.05, 0) is 85.3 Å². The number of hydrogen-bond donors (Lipinski definition) is 1. The van der Waals surface area contributed by atoms with Crippen LogP contribution in [0.25, 0.3) is 5.76 Å². The highest BCUT2D eigenvalue weighted by atomic mass is 16.5. The smallest absolute Gasteiger partial charge is 0.300 e. The predicted octanol–water partition coefficient (Wildman–Crippen LogP) is 5.35. The highest BCUT2D eigenvalue weighted by Gasteiger charge is 2.47. The number of hydrogen-bond acceptors (Lipinski definition) is 7. The number of ether oxygens (including phenoxy) is 1. The first-order chi connectivity index (χ1) is 20.9. The van der Waals surface area contributed by atoms with Gasteiger partial charge < -0.3 is 19.6 Å². The van der Waals surface area contributed by atoms with Crippen LogP contribution in [-0.4, -0.2) is 59.9 Å². The van der Waals surface area contributed by atoms with E-state index < -0.39 is 17.7 Å². The van der Waals surface area contributed by atoms with Gasteiger partial charge in [0.05, 0.1) is 11.6 Å². The summed E-state index contributed by atoms with van der Waals surface area (Å²) in [6.07, 6.45) is 3.24. The molecule has 4 aromatic rings. The third kappa shape index (κ3) is 5.74. The molecule has 0 bridgehead atoms. The molecular weight excluding hydrogens is 540 g/mol. The molecule has 1 atom stereocenters. The first kappa shape index (κ1) is 28.2. The molecule has 3 heterocycles. The maximum absolute atomic E-state index is 13.6.